The van der Waals surface area contributed by atoms with Gasteiger partial charge < -0.3 is 0 Å². The molecule has 0 atom stereocenters. The number of hydrogen-bond donors (Lipinski definition) is 0. The number of Topliss-reactive ketones (excluding diaryl/α,β-unsaturated/α-hetero) is 1. The summed E-state index contributed by atoms with van der Waals surface area (Å²) in [5.41, 5.74) is 4.63. The highest BCUT2D eigenvalue weighted by atomic mass is 35.5. The van der Waals surface area contributed by atoms with Gasteiger partial charge >= 0.3 is 0 Å². The summed E-state index contributed by atoms with van der Waals surface area (Å²) in [6.07, 6.45) is 2.33. The highest BCUT2D eigenvalue weighted by Gasteiger charge is 2.21. The number of carbonyl (C=O) groups is 1. The summed E-state index contributed by atoms with van der Waals surface area (Å²) >= 11 is 12.4. The van der Waals surface area contributed by atoms with E-state index in [9.17, 15) is 4.79 Å². The van der Waals surface area contributed by atoms with Crippen LogP contribution in [0.1, 0.15) is 33.5 Å². The number of aryl methyl sites for hydroxylation is 1. The molecule has 0 fully saturated rings. The van der Waals surface area contributed by atoms with E-state index < -0.39 is 0 Å². The predicted octanol–water partition coefficient (Wildman–Crippen LogP) is 5.32. The first-order chi connectivity index (χ1) is 9.56. The zero-order chi connectivity index (χ0) is 14.3. The van der Waals surface area contributed by atoms with Gasteiger partial charge in [0.05, 0.1) is 0 Å². The minimum atomic E-state index is 0.115. The third kappa shape index (κ3) is 2.28. The maximum absolute atomic E-state index is 12.0. The van der Waals surface area contributed by atoms with Crippen LogP contribution in [0.5, 0.6) is 0 Å². The maximum atomic E-state index is 12.0. The molecule has 0 unspecified atom stereocenters. The van der Waals surface area contributed by atoms with Gasteiger partial charge in [-0.3, -0.25) is 4.79 Å². The molecule has 0 aliphatic heterocycles. The molecule has 0 saturated carbocycles. The van der Waals surface area contributed by atoms with Crippen molar-refractivity contribution in [2.45, 2.75) is 13.3 Å². The summed E-state index contributed by atoms with van der Waals surface area (Å²) in [7, 11) is 0. The van der Waals surface area contributed by atoms with Gasteiger partial charge in [-0.05, 0) is 48.4 Å². The van der Waals surface area contributed by atoms with Gasteiger partial charge in [-0.1, -0.05) is 40.9 Å². The van der Waals surface area contributed by atoms with E-state index in [-0.39, 0.29) is 5.78 Å². The van der Waals surface area contributed by atoms with Crippen molar-refractivity contribution in [2.75, 3.05) is 0 Å². The van der Waals surface area contributed by atoms with Crippen LogP contribution in [0, 0.1) is 6.92 Å². The van der Waals surface area contributed by atoms with Crippen molar-refractivity contribution >= 4 is 34.6 Å². The van der Waals surface area contributed by atoms with Gasteiger partial charge in [0.25, 0.3) is 0 Å². The molecule has 0 spiro atoms. The number of carbonyl (C=O) groups excluding carboxylic acids is 1. The van der Waals surface area contributed by atoms with Gasteiger partial charge in [0, 0.05) is 27.6 Å². The number of allylic oxidation sites excluding steroid dienone is 1. The summed E-state index contributed by atoms with van der Waals surface area (Å²) < 4.78 is 0. The molecule has 0 amide bonds. The van der Waals surface area contributed by atoms with Crippen molar-refractivity contribution in [3.63, 3.8) is 0 Å². The lowest BCUT2D eigenvalue weighted by Gasteiger charge is -2.19. The Morgan fingerprint density at radius 1 is 0.950 bits per heavy atom. The van der Waals surface area contributed by atoms with Crippen LogP contribution in [0.2, 0.25) is 10.0 Å². The molecule has 20 heavy (non-hydrogen) atoms. The third-order valence-electron chi connectivity index (χ3n) is 3.48. The van der Waals surface area contributed by atoms with E-state index in [1.54, 1.807) is 12.1 Å². The third-order valence-corrected chi connectivity index (χ3v) is 4.04. The van der Waals surface area contributed by atoms with Gasteiger partial charge in [0.15, 0.2) is 5.78 Å². The van der Waals surface area contributed by atoms with E-state index >= 15 is 0 Å². The minimum absolute atomic E-state index is 0.115. The maximum Gasteiger partial charge on any atom is 0.167 e. The largest absolute Gasteiger partial charge is 0.294 e. The van der Waals surface area contributed by atoms with Crippen LogP contribution in [0.15, 0.2) is 42.5 Å². The van der Waals surface area contributed by atoms with Crippen molar-refractivity contribution in [2.24, 2.45) is 0 Å². The van der Waals surface area contributed by atoms with Gasteiger partial charge in [-0.2, -0.15) is 0 Å². The number of halogens is 2. The molecule has 1 nitrogen and oxygen atoms in total. The Morgan fingerprint density at radius 2 is 1.75 bits per heavy atom. The fourth-order valence-electron chi connectivity index (χ4n) is 2.50. The van der Waals surface area contributed by atoms with Crippen LogP contribution in [-0.2, 0) is 0 Å². The smallest absolute Gasteiger partial charge is 0.167 e. The second-order valence-electron chi connectivity index (χ2n) is 4.92. The molecular formula is C17H12Cl2O. The van der Waals surface area contributed by atoms with Crippen molar-refractivity contribution in [1.29, 1.82) is 0 Å². The van der Waals surface area contributed by atoms with E-state index in [1.165, 1.54) is 0 Å². The SMILES string of the molecule is Cc1ccc(Cl)c(C2=CCC(=O)c3ccc(Cl)cc32)c1. The summed E-state index contributed by atoms with van der Waals surface area (Å²) in [5, 5.41) is 1.30. The zero-order valence-corrected chi connectivity index (χ0v) is 12.4. The fourth-order valence-corrected chi connectivity index (χ4v) is 2.89. The molecular weight excluding hydrogens is 291 g/mol. The van der Waals surface area contributed by atoms with Crippen molar-refractivity contribution in [3.05, 3.63) is 74.8 Å². The van der Waals surface area contributed by atoms with Crippen molar-refractivity contribution in [3.8, 4) is 0 Å². The highest BCUT2D eigenvalue weighted by molar-refractivity contribution is 6.33. The molecule has 0 heterocycles. The number of rotatable bonds is 1. The van der Waals surface area contributed by atoms with Gasteiger partial charge in [-0.15, -0.1) is 0 Å². The van der Waals surface area contributed by atoms with E-state index in [1.807, 2.05) is 37.3 Å². The number of hydrogen-bond acceptors (Lipinski definition) is 1. The van der Waals surface area contributed by atoms with Crippen LogP contribution < -0.4 is 0 Å². The quantitative estimate of drug-likeness (QED) is 0.697. The van der Waals surface area contributed by atoms with Gasteiger partial charge in [-0.25, -0.2) is 0 Å². The summed E-state index contributed by atoms with van der Waals surface area (Å²) in [5.74, 6) is 0.115. The average Bonchev–Trinajstić information content (AvgIpc) is 2.42. The van der Waals surface area contributed by atoms with Crippen LogP contribution in [0.4, 0.5) is 0 Å². The Morgan fingerprint density at radius 3 is 2.55 bits per heavy atom. The Bertz CT molecular complexity index is 745. The van der Waals surface area contributed by atoms with E-state index in [0.29, 0.717) is 22.0 Å². The second kappa shape index (κ2) is 5.08. The Balaban J connectivity index is 2.23. The lowest BCUT2D eigenvalue weighted by molar-refractivity contribution is 0.0994. The molecule has 0 bridgehead atoms. The first-order valence-corrected chi connectivity index (χ1v) is 7.11. The standard InChI is InChI=1S/C17H12Cl2O/c1-10-2-6-16(19)15(8-10)12-5-7-17(20)13-4-3-11(18)9-14(12)13/h2-6,8-9H,7H2,1H3. The molecule has 0 radical (unpaired) electrons. The molecule has 1 aliphatic rings. The van der Waals surface area contributed by atoms with Crippen molar-refractivity contribution < 1.29 is 4.79 Å². The normalized spacial score (nSPS) is 13.9. The molecule has 0 N–H and O–H groups in total. The van der Waals surface area contributed by atoms with Crippen LogP contribution in [0.3, 0.4) is 0 Å². The summed E-state index contributed by atoms with van der Waals surface area (Å²) in [6.45, 7) is 2.02. The Labute approximate surface area is 127 Å². The topological polar surface area (TPSA) is 17.1 Å². The molecule has 3 rings (SSSR count). The highest BCUT2D eigenvalue weighted by Crippen LogP contribution is 2.36. The molecule has 2 aromatic rings. The number of fused-ring (bicyclic) bond motifs is 1. The number of benzene rings is 2. The van der Waals surface area contributed by atoms with Crippen LogP contribution >= 0.6 is 23.2 Å². The molecule has 0 saturated heterocycles. The predicted molar refractivity (Wildman–Crippen MR) is 83.7 cm³/mol. The lowest BCUT2D eigenvalue weighted by Crippen LogP contribution is -2.08. The lowest BCUT2D eigenvalue weighted by atomic mass is 9.86. The number of ketones is 1. The zero-order valence-electron chi connectivity index (χ0n) is 10.9. The average molecular weight is 303 g/mol. The Kier molecular flexibility index (Phi) is 3.41. The molecule has 2 aromatic carbocycles. The van der Waals surface area contributed by atoms with Gasteiger partial charge in [0.1, 0.15) is 0 Å². The van der Waals surface area contributed by atoms with Crippen LogP contribution in [0.25, 0.3) is 5.57 Å². The van der Waals surface area contributed by atoms with Gasteiger partial charge in [0.2, 0.25) is 0 Å². The summed E-state index contributed by atoms with van der Waals surface area (Å²) in [6, 6.07) is 11.3. The fraction of sp³-hybridized carbons (Fsp3) is 0.118. The molecule has 100 valence electrons. The first-order valence-electron chi connectivity index (χ1n) is 6.36. The molecule has 3 heteroatoms. The monoisotopic (exact) mass is 302 g/mol. The van der Waals surface area contributed by atoms with E-state index in [4.69, 9.17) is 23.2 Å². The molecule has 1 aliphatic carbocycles. The summed E-state index contributed by atoms with van der Waals surface area (Å²) in [4.78, 5) is 12.0. The Hall–Kier alpha value is -1.57. The van der Waals surface area contributed by atoms with Crippen molar-refractivity contribution in [1.82, 2.24) is 0 Å². The molecule has 0 aromatic heterocycles. The minimum Gasteiger partial charge on any atom is -0.294 e. The first kappa shape index (κ1) is 13.4. The van der Waals surface area contributed by atoms with E-state index in [2.05, 4.69) is 0 Å². The second-order valence-corrected chi connectivity index (χ2v) is 5.76. The van der Waals surface area contributed by atoms with Crippen LogP contribution in [-0.4, -0.2) is 5.78 Å². The van der Waals surface area contributed by atoms with E-state index in [0.717, 1.165) is 22.3 Å².